The minimum atomic E-state index is 0.104. The van der Waals surface area contributed by atoms with Crippen molar-refractivity contribution in [1.29, 1.82) is 0 Å². The van der Waals surface area contributed by atoms with E-state index in [-0.39, 0.29) is 5.78 Å². The van der Waals surface area contributed by atoms with Gasteiger partial charge in [0.1, 0.15) is 0 Å². The third kappa shape index (κ3) is 1.53. The molecule has 0 spiro atoms. The van der Waals surface area contributed by atoms with Crippen LogP contribution < -0.4 is 0 Å². The highest BCUT2D eigenvalue weighted by Crippen LogP contribution is 2.33. The Hall–Kier alpha value is -2.68. The Balaban J connectivity index is 1.97. The van der Waals surface area contributed by atoms with Crippen LogP contribution in [0, 0.1) is 0 Å². The van der Waals surface area contributed by atoms with Crippen molar-refractivity contribution < 1.29 is 4.79 Å². The molecule has 0 radical (unpaired) electrons. The van der Waals surface area contributed by atoms with Crippen LogP contribution in [0.15, 0.2) is 54.7 Å². The molecule has 1 heterocycles. The van der Waals surface area contributed by atoms with Crippen LogP contribution in [-0.4, -0.2) is 16.0 Å². The second-order valence-electron chi connectivity index (χ2n) is 4.97. The Morgan fingerprint density at radius 3 is 2.55 bits per heavy atom. The average Bonchev–Trinajstić information content (AvgIpc) is 3.01. The molecule has 0 unspecified atom stereocenters. The van der Waals surface area contributed by atoms with Crippen LogP contribution in [0.2, 0.25) is 0 Å². The molecule has 3 heteroatoms. The number of hydrogen-bond donors (Lipinski definition) is 1. The number of carbonyl (C=O) groups is 1. The van der Waals surface area contributed by atoms with Crippen molar-refractivity contribution in [3.05, 3.63) is 77.0 Å². The molecular formula is C17H12N2O. The number of H-pyrrole nitrogens is 1. The molecule has 1 N–H and O–H groups in total. The number of nitrogens with zero attached hydrogens (tertiary/aromatic N) is 1. The summed E-state index contributed by atoms with van der Waals surface area (Å²) in [5, 5.41) is 6.93. The van der Waals surface area contributed by atoms with Crippen LogP contribution in [0.5, 0.6) is 0 Å². The first kappa shape index (κ1) is 11.2. The van der Waals surface area contributed by atoms with Gasteiger partial charge in [0.2, 0.25) is 0 Å². The Morgan fingerprint density at radius 1 is 0.900 bits per heavy atom. The van der Waals surface area contributed by atoms with E-state index in [1.54, 1.807) is 6.20 Å². The van der Waals surface area contributed by atoms with E-state index in [9.17, 15) is 4.79 Å². The molecule has 0 atom stereocenters. The van der Waals surface area contributed by atoms with Crippen molar-refractivity contribution >= 4 is 5.78 Å². The van der Waals surface area contributed by atoms with Gasteiger partial charge in [0, 0.05) is 22.9 Å². The van der Waals surface area contributed by atoms with Gasteiger partial charge in [-0.15, -0.1) is 0 Å². The molecule has 0 saturated heterocycles. The van der Waals surface area contributed by atoms with Gasteiger partial charge in [-0.25, -0.2) is 0 Å². The molecule has 1 aliphatic rings. The number of ketones is 1. The lowest BCUT2D eigenvalue weighted by atomic mass is 9.82. The van der Waals surface area contributed by atoms with Gasteiger partial charge < -0.3 is 0 Å². The maximum atomic E-state index is 12.8. The summed E-state index contributed by atoms with van der Waals surface area (Å²) in [4.78, 5) is 12.8. The quantitative estimate of drug-likeness (QED) is 0.571. The predicted molar refractivity (Wildman–Crippen MR) is 76.7 cm³/mol. The SMILES string of the molecule is O=C1c2ccccc2Cc2cccc(-c3ccn[nH]3)c21. The molecule has 4 rings (SSSR count). The van der Waals surface area contributed by atoms with E-state index in [4.69, 9.17) is 0 Å². The minimum absolute atomic E-state index is 0.104. The second kappa shape index (κ2) is 4.17. The third-order valence-corrected chi connectivity index (χ3v) is 3.81. The van der Waals surface area contributed by atoms with Crippen molar-refractivity contribution in [1.82, 2.24) is 10.2 Å². The Bertz CT molecular complexity index is 804. The topological polar surface area (TPSA) is 45.8 Å². The zero-order valence-corrected chi connectivity index (χ0v) is 10.8. The number of carbonyl (C=O) groups excluding carboxylic acids is 1. The molecule has 3 aromatic rings. The third-order valence-electron chi connectivity index (χ3n) is 3.81. The number of aromatic amines is 1. The summed E-state index contributed by atoms with van der Waals surface area (Å²) >= 11 is 0. The normalized spacial score (nSPS) is 12.9. The smallest absolute Gasteiger partial charge is 0.194 e. The number of aromatic nitrogens is 2. The first-order valence-corrected chi connectivity index (χ1v) is 6.59. The van der Waals surface area contributed by atoms with Crippen LogP contribution in [0.4, 0.5) is 0 Å². The van der Waals surface area contributed by atoms with Gasteiger partial charge in [-0.05, 0) is 23.6 Å². The first-order chi connectivity index (χ1) is 9.84. The summed E-state index contributed by atoms with van der Waals surface area (Å²) in [6.45, 7) is 0. The van der Waals surface area contributed by atoms with E-state index in [1.807, 2.05) is 48.5 Å². The highest BCUT2D eigenvalue weighted by atomic mass is 16.1. The molecule has 2 aromatic carbocycles. The fourth-order valence-corrected chi connectivity index (χ4v) is 2.88. The van der Waals surface area contributed by atoms with Crippen LogP contribution >= 0.6 is 0 Å². The fourth-order valence-electron chi connectivity index (χ4n) is 2.88. The van der Waals surface area contributed by atoms with Gasteiger partial charge >= 0.3 is 0 Å². The minimum Gasteiger partial charge on any atom is -0.289 e. The highest BCUT2D eigenvalue weighted by Gasteiger charge is 2.25. The van der Waals surface area contributed by atoms with Gasteiger partial charge in [-0.3, -0.25) is 9.89 Å². The van der Waals surface area contributed by atoms with Crippen LogP contribution in [0.25, 0.3) is 11.3 Å². The molecule has 1 aromatic heterocycles. The molecular weight excluding hydrogens is 248 g/mol. The van der Waals surface area contributed by atoms with Crippen molar-refractivity contribution in [2.75, 3.05) is 0 Å². The second-order valence-corrected chi connectivity index (χ2v) is 4.97. The lowest BCUT2D eigenvalue weighted by molar-refractivity contribution is 0.103. The zero-order chi connectivity index (χ0) is 13.5. The van der Waals surface area contributed by atoms with Crippen LogP contribution in [-0.2, 0) is 6.42 Å². The number of benzene rings is 2. The number of nitrogens with one attached hydrogen (secondary N) is 1. The van der Waals surface area contributed by atoms with Crippen LogP contribution in [0.1, 0.15) is 27.0 Å². The van der Waals surface area contributed by atoms with Gasteiger partial charge in [-0.2, -0.15) is 5.10 Å². The summed E-state index contributed by atoms with van der Waals surface area (Å²) in [5.74, 6) is 0.104. The Labute approximate surface area is 116 Å². The molecule has 0 saturated carbocycles. The maximum absolute atomic E-state index is 12.8. The standard InChI is InChI=1S/C17H12N2O/c20-17-13-6-2-1-4-11(13)10-12-5-3-7-14(16(12)17)15-8-9-18-19-15/h1-9H,10H2,(H,18,19). The van der Waals surface area contributed by atoms with Crippen molar-refractivity contribution in [2.45, 2.75) is 6.42 Å². The molecule has 1 aliphatic carbocycles. The molecule has 3 nitrogen and oxygen atoms in total. The summed E-state index contributed by atoms with van der Waals surface area (Å²) in [7, 11) is 0. The van der Waals surface area contributed by atoms with Crippen LogP contribution in [0.3, 0.4) is 0 Å². The molecule has 0 aliphatic heterocycles. The van der Waals surface area contributed by atoms with Gasteiger partial charge in [0.15, 0.2) is 5.78 Å². The van der Waals surface area contributed by atoms with Gasteiger partial charge in [0.25, 0.3) is 0 Å². The number of fused-ring (bicyclic) bond motifs is 2. The molecule has 0 fully saturated rings. The summed E-state index contributed by atoms with van der Waals surface area (Å²) in [6.07, 6.45) is 2.51. The first-order valence-electron chi connectivity index (χ1n) is 6.59. The van der Waals surface area contributed by atoms with Crippen molar-refractivity contribution in [2.24, 2.45) is 0 Å². The summed E-state index contributed by atoms with van der Waals surface area (Å²) in [5.41, 5.74) is 5.61. The Morgan fingerprint density at radius 2 is 1.70 bits per heavy atom. The zero-order valence-electron chi connectivity index (χ0n) is 10.8. The maximum Gasteiger partial charge on any atom is 0.194 e. The predicted octanol–water partition coefficient (Wildman–Crippen LogP) is 3.21. The summed E-state index contributed by atoms with van der Waals surface area (Å²) < 4.78 is 0. The molecule has 96 valence electrons. The van der Waals surface area contributed by atoms with Gasteiger partial charge in [-0.1, -0.05) is 42.5 Å². The molecule has 0 amide bonds. The van der Waals surface area contributed by atoms with E-state index >= 15 is 0 Å². The average molecular weight is 260 g/mol. The summed E-state index contributed by atoms with van der Waals surface area (Å²) in [6, 6.07) is 15.7. The van der Waals surface area contributed by atoms with Crippen molar-refractivity contribution in [3.63, 3.8) is 0 Å². The molecule has 20 heavy (non-hydrogen) atoms. The molecule has 0 bridgehead atoms. The number of rotatable bonds is 1. The lowest BCUT2D eigenvalue weighted by Crippen LogP contribution is -2.16. The van der Waals surface area contributed by atoms with E-state index < -0.39 is 0 Å². The highest BCUT2D eigenvalue weighted by molar-refractivity contribution is 6.15. The Kier molecular flexibility index (Phi) is 2.33. The number of hydrogen-bond acceptors (Lipinski definition) is 2. The van der Waals surface area contributed by atoms with E-state index in [0.717, 1.165) is 39.9 Å². The van der Waals surface area contributed by atoms with E-state index in [1.165, 1.54) is 0 Å². The monoisotopic (exact) mass is 260 g/mol. The van der Waals surface area contributed by atoms with Gasteiger partial charge in [0.05, 0.1) is 5.69 Å². The largest absolute Gasteiger partial charge is 0.289 e. The van der Waals surface area contributed by atoms with E-state index in [2.05, 4.69) is 10.2 Å². The van der Waals surface area contributed by atoms with E-state index in [0.29, 0.717) is 0 Å². The van der Waals surface area contributed by atoms with Crippen molar-refractivity contribution in [3.8, 4) is 11.3 Å². The fraction of sp³-hybridized carbons (Fsp3) is 0.0588. The lowest BCUT2D eigenvalue weighted by Gasteiger charge is -2.20.